The van der Waals surface area contributed by atoms with E-state index in [4.69, 9.17) is 0 Å². The molecule has 0 bridgehead atoms. The van der Waals surface area contributed by atoms with Gasteiger partial charge in [0.1, 0.15) is 0 Å². The summed E-state index contributed by atoms with van der Waals surface area (Å²) in [5.41, 5.74) is 2.06. The number of nitrogens with zero attached hydrogens (tertiary/aromatic N) is 2. The highest BCUT2D eigenvalue weighted by atomic mass is 32.1. The van der Waals surface area contributed by atoms with Crippen LogP contribution in [0.3, 0.4) is 0 Å². The third-order valence-electron chi connectivity index (χ3n) is 4.21. The smallest absolute Gasteiger partial charge is 0.257 e. The molecular formula is C22H19N2O4S+. The van der Waals surface area contributed by atoms with Crippen LogP contribution < -0.4 is 0 Å². The molecule has 29 heavy (non-hydrogen) atoms. The Morgan fingerprint density at radius 2 is 1.24 bits per heavy atom. The molecule has 0 radical (unpaired) electrons. The van der Waals surface area contributed by atoms with E-state index in [0.717, 1.165) is 14.4 Å². The molecule has 0 saturated carbocycles. The molecule has 0 aliphatic rings. The fourth-order valence-corrected chi connectivity index (χ4v) is 3.43. The summed E-state index contributed by atoms with van der Waals surface area (Å²) in [6.07, 6.45) is 2.97. The first-order chi connectivity index (χ1) is 13.8. The van der Waals surface area contributed by atoms with Gasteiger partial charge in [0.25, 0.3) is 5.69 Å². The molecule has 3 aromatic rings. The number of carbonyl (C=O) groups is 2. The van der Waals surface area contributed by atoms with Gasteiger partial charge in [0, 0.05) is 40.1 Å². The molecule has 1 N–H and O–H groups in total. The minimum absolute atomic E-state index is 0.0402. The van der Waals surface area contributed by atoms with Crippen molar-refractivity contribution in [3.05, 3.63) is 86.8 Å². The molecule has 0 aliphatic carbocycles. The van der Waals surface area contributed by atoms with Crippen LogP contribution in [0, 0.1) is 5.21 Å². The second-order valence-corrected chi connectivity index (χ2v) is 7.52. The molecule has 0 saturated heterocycles. The molecule has 0 fully saturated rings. The lowest BCUT2D eigenvalue weighted by Gasteiger charge is -2.02. The zero-order chi connectivity index (χ0) is 21.0. The van der Waals surface area contributed by atoms with E-state index in [1.54, 1.807) is 60.7 Å². The predicted octanol–water partition coefficient (Wildman–Crippen LogP) is 4.57. The zero-order valence-corrected chi connectivity index (χ0v) is 16.7. The average molecular weight is 407 g/mol. The third-order valence-corrected chi connectivity index (χ3v) is 5.16. The summed E-state index contributed by atoms with van der Waals surface area (Å²) >= 11 is 1.33. The Morgan fingerprint density at radius 3 is 1.72 bits per heavy atom. The van der Waals surface area contributed by atoms with Crippen molar-refractivity contribution < 1.29 is 24.3 Å². The standard InChI is InChI=1S/C22H19N2O4S/c1-15(25)17-3-7-19(8-4-17)23(27)13-21-11-12-22(29-21)14-24(28)20-9-5-18(6-10-20)16(2)26/h3-14,27H,1-2H3/q+1/b23-13+,24-14+. The highest BCUT2D eigenvalue weighted by molar-refractivity contribution is 7.15. The Hall–Kier alpha value is -3.58. The first-order valence-corrected chi connectivity index (χ1v) is 9.61. The van der Waals surface area contributed by atoms with Crippen LogP contribution in [-0.4, -0.2) is 38.7 Å². The van der Waals surface area contributed by atoms with Gasteiger partial charge in [-0.3, -0.25) is 14.8 Å². The Bertz CT molecular complexity index is 1020. The number of hydrogen-bond acceptors (Lipinski definition) is 5. The van der Waals surface area contributed by atoms with E-state index in [1.165, 1.54) is 37.6 Å². The van der Waals surface area contributed by atoms with Gasteiger partial charge in [-0.05, 0) is 50.2 Å². The number of rotatable bonds is 6. The SMILES string of the molecule is CC(=O)c1ccc(/[N+]([O-])=C\c2ccc(/C=[N+](/O)c3ccc(C(C)=O)cc3)s2)cc1. The maximum Gasteiger partial charge on any atom is 0.257 e. The van der Waals surface area contributed by atoms with Crippen molar-refractivity contribution in [3.63, 3.8) is 0 Å². The summed E-state index contributed by atoms with van der Waals surface area (Å²) in [6, 6.07) is 16.6. The lowest BCUT2D eigenvalue weighted by atomic mass is 10.1. The van der Waals surface area contributed by atoms with Crippen LogP contribution >= 0.6 is 11.3 Å². The zero-order valence-electron chi connectivity index (χ0n) is 15.9. The average Bonchev–Trinajstić information content (AvgIpc) is 3.14. The Labute approximate surface area is 171 Å². The summed E-state index contributed by atoms with van der Waals surface area (Å²) in [4.78, 5) is 24.1. The van der Waals surface area contributed by atoms with Crippen LogP contribution in [0.25, 0.3) is 0 Å². The predicted molar refractivity (Wildman–Crippen MR) is 113 cm³/mol. The van der Waals surface area contributed by atoms with Crippen molar-refractivity contribution in [2.24, 2.45) is 0 Å². The summed E-state index contributed by atoms with van der Waals surface area (Å²) in [5.74, 6) is -0.0949. The minimum Gasteiger partial charge on any atom is -0.618 e. The Morgan fingerprint density at radius 1 is 0.793 bits per heavy atom. The monoisotopic (exact) mass is 407 g/mol. The van der Waals surface area contributed by atoms with E-state index in [9.17, 15) is 20.0 Å². The van der Waals surface area contributed by atoms with E-state index >= 15 is 0 Å². The fraction of sp³-hybridized carbons (Fsp3) is 0.0909. The van der Waals surface area contributed by atoms with Gasteiger partial charge >= 0.3 is 0 Å². The van der Waals surface area contributed by atoms with Crippen molar-refractivity contribution in [2.75, 3.05) is 0 Å². The summed E-state index contributed by atoms with van der Waals surface area (Å²) < 4.78 is 1.70. The molecule has 0 atom stereocenters. The first kappa shape index (κ1) is 20.2. The van der Waals surface area contributed by atoms with Crippen molar-refractivity contribution in [3.8, 4) is 0 Å². The number of carbonyl (C=O) groups excluding carboxylic acids is 2. The molecule has 2 aromatic carbocycles. The Balaban J connectivity index is 1.77. The first-order valence-electron chi connectivity index (χ1n) is 8.79. The van der Waals surface area contributed by atoms with Gasteiger partial charge < -0.3 is 5.21 Å². The van der Waals surface area contributed by atoms with Crippen LogP contribution in [0.5, 0.6) is 0 Å². The summed E-state index contributed by atoms with van der Waals surface area (Å²) in [6.45, 7) is 2.96. The number of ketones is 2. The van der Waals surface area contributed by atoms with E-state index < -0.39 is 0 Å². The molecule has 0 spiro atoms. The normalized spacial score (nSPS) is 12.1. The van der Waals surface area contributed by atoms with Crippen molar-refractivity contribution in [2.45, 2.75) is 13.8 Å². The number of Topliss-reactive ketones (excluding diaryl/α,β-unsaturated/α-hetero) is 2. The van der Waals surface area contributed by atoms with Crippen molar-refractivity contribution in [1.29, 1.82) is 0 Å². The topological polar surface area (TPSA) is 83.4 Å². The van der Waals surface area contributed by atoms with Crippen LogP contribution in [0.2, 0.25) is 0 Å². The van der Waals surface area contributed by atoms with Crippen LogP contribution in [-0.2, 0) is 0 Å². The van der Waals surface area contributed by atoms with E-state index in [0.29, 0.717) is 27.4 Å². The lowest BCUT2D eigenvalue weighted by Crippen LogP contribution is -2.01. The van der Waals surface area contributed by atoms with Crippen LogP contribution in [0.4, 0.5) is 11.4 Å². The largest absolute Gasteiger partial charge is 0.618 e. The fourth-order valence-electron chi connectivity index (χ4n) is 2.58. The van der Waals surface area contributed by atoms with Crippen molar-refractivity contribution >= 4 is 46.7 Å². The van der Waals surface area contributed by atoms with E-state index in [1.807, 2.05) is 0 Å². The van der Waals surface area contributed by atoms with Gasteiger partial charge in [-0.1, -0.05) is 0 Å². The minimum atomic E-state index is -0.0547. The molecule has 0 amide bonds. The number of benzene rings is 2. The number of hydrogen-bond donors (Lipinski definition) is 1. The second kappa shape index (κ2) is 8.62. The van der Waals surface area contributed by atoms with Gasteiger partial charge in [0.2, 0.25) is 11.9 Å². The maximum atomic E-state index is 12.3. The molecule has 1 heterocycles. The lowest BCUT2D eigenvalue weighted by molar-refractivity contribution is -0.709. The summed E-state index contributed by atoms with van der Waals surface area (Å²) in [7, 11) is 0. The van der Waals surface area contributed by atoms with Gasteiger partial charge in [-0.2, -0.15) is 4.74 Å². The molecule has 146 valence electrons. The molecule has 3 rings (SSSR count). The maximum absolute atomic E-state index is 12.3. The second-order valence-electron chi connectivity index (χ2n) is 6.37. The van der Waals surface area contributed by atoms with Gasteiger partial charge in [0.05, 0.1) is 9.75 Å². The molecule has 0 unspecified atom stereocenters. The van der Waals surface area contributed by atoms with Crippen LogP contribution in [0.1, 0.15) is 44.3 Å². The summed E-state index contributed by atoms with van der Waals surface area (Å²) in [5, 5.41) is 22.6. The quantitative estimate of drug-likeness (QED) is 0.162. The van der Waals surface area contributed by atoms with E-state index in [2.05, 4.69) is 0 Å². The highest BCUT2D eigenvalue weighted by Gasteiger charge is 2.11. The number of thiophene rings is 1. The van der Waals surface area contributed by atoms with Crippen LogP contribution in [0.15, 0.2) is 60.7 Å². The molecule has 1 aromatic heterocycles. The molecular weight excluding hydrogens is 388 g/mol. The van der Waals surface area contributed by atoms with Gasteiger partial charge in [-0.25, -0.2) is 0 Å². The molecule has 6 nitrogen and oxygen atoms in total. The molecule has 7 heteroatoms. The van der Waals surface area contributed by atoms with Crippen molar-refractivity contribution in [1.82, 2.24) is 0 Å². The molecule has 0 aliphatic heterocycles. The van der Waals surface area contributed by atoms with Gasteiger partial charge in [-0.15, -0.1) is 11.3 Å². The van der Waals surface area contributed by atoms with Gasteiger partial charge in [0.15, 0.2) is 17.8 Å². The van der Waals surface area contributed by atoms with E-state index in [-0.39, 0.29) is 11.6 Å². The third kappa shape index (κ3) is 5.03. The highest BCUT2D eigenvalue weighted by Crippen LogP contribution is 2.18. The Kier molecular flexibility index (Phi) is 5.99.